The molecule has 1 unspecified atom stereocenters. The SMILES string of the molecule is O=C(O)CNC(Cc1ccccc1)C(=O)Nc1cccc(-c2ccncc2)c1. The summed E-state index contributed by atoms with van der Waals surface area (Å²) < 4.78 is 0. The Bertz CT molecular complexity index is 930. The standard InChI is InChI=1S/C22H21N3O3/c26-21(27)15-24-20(13-16-5-2-1-3-6-16)22(28)25-19-8-4-7-18(14-19)17-9-11-23-12-10-17/h1-12,14,20,24H,13,15H2,(H,25,28)(H,26,27). The molecule has 6 nitrogen and oxygen atoms in total. The first kappa shape index (κ1) is 19.3. The van der Waals surface area contributed by atoms with Gasteiger partial charge in [-0.05, 0) is 47.4 Å². The number of amides is 1. The molecule has 0 spiro atoms. The van der Waals surface area contributed by atoms with E-state index in [9.17, 15) is 9.59 Å². The fourth-order valence-electron chi connectivity index (χ4n) is 2.87. The Morgan fingerprint density at radius 3 is 2.39 bits per heavy atom. The second-order valence-corrected chi connectivity index (χ2v) is 6.32. The zero-order valence-electron chi connectivity index (χ0n) is 15.2. The molecular weight excluding hydrogens is 354 g/mol. The summed E-state index contributed by atoms with van der Waals surface area (Å²) in [7, 11) is 0. The molecule has 1 atom stereocenters. The molecule has 1 heterocycles. The molecule has 6 heteroatoms. The van der Waals surface area contributed by atoms with Gasteiger partial charge in [0.05, 0.1) is 12.6 Å². The molecule has 0 aliphatic heterocycles. The second-order valence-electron chi connectivity index (χ2n) is 6.32. The van der Waals surface area contributed by atoms with E-state index in [1.165, 1.54) is 0 Å². The topological polar surface area (TPSA) is 91.3 Å². The minimum Gasteiger partial charge on any atom is -0.480 e. The van der Waals surface area contributed by atoms with Crippen molar-refractivity contribution in [3.05, 3.63) is 84.7 Å². The van der Waals surface area contributed by atoms with Crippen molar-refractivity contribution < 1.29 is 14.7 Å². The van der Waals surface area contributed by atoms with E-state index in [4.69, 9.17) is 5.11 Å². The quantitative estimate of drug-likeness (QED) is 0.563. The first-order valence-electron chi connectivity index (χ1n) is 8.92. The molecule has 3 rings (SSSR count). The number of benzene rings is 2. The molecule has 1 amide bonds. The maximum Gasteiger partial charge on any atom is 0.317 e. The number of nitrogens with zero attached hydrogens (tertiary/aromatic N) is 1. The number of rotatable bonds is 8. The van der Waals surface area contributed by atoms with E-state index in [0.717, 1.165) is 16.7 Å². The van der Waals surface area contributed by atoms with Crippen LogP contribution in [0.1, 0.15) is 5.56 Å². The van der Waals surface area contributed by atoms with E-state index in [1.54, 1.807) is 18.5 Å². The molecule has 3 N–H and O–H groups in total. The van der Waals surface area contributed by atoms with Gasteiger partial charge in [-0.15, -0.1) is 0 Å². The zero-order valence-corrected chi connectivity index (χ0v) is 15.2. The number of pyridine rings is 1. The van der Waals surface area contributed by atoms with Crippen LogP contribution in [0.25, 0.3) is 11.1 Å². The number of nitrogens with one attached hydrogen (secondary N) is 2. The highest BCUT2D eigenvalue weighted by Crippen LogP contribution is 2.22. The van der Waals surface area contributed by atoms with Gasteiger partial charge in [0.25, 0.3) is 0 Å². The number of hydrogen-bond donors (Lipinski definition) is 3. The molecular formula is C22H21N3O3. The van der Waals surface area contributed by atoms with Gasteiger partial charge in [0.1, 0.15) is 0 Å². The Balaban J connectivity index is 1.74. The Labute approximate surface area is 163 Å². The van der Waals surface area contributed by atoms with Crippen molar-refractivity contribution in [2.75, 3.05) is 11.9 Å². The highest BCUT2D eigenvalue weighted by Gasteiger charge is 2.20. The zero-order chi connectivity index (χ0) is 19.8. The van der Waals surface area contributed by atoms with Gasteiger partial charge in [0, 0.05) is 18.1 Å². The summed E-state index contributed by atoms with van der Waals surface area (Å²) in [6.45, 7) is -0.290. The number of anilines is 1. The number of aliphatic carboxylic acids is 1. The first-order chi connectivity index (χ1) is 13.6. The second kappa shape index (κ2) is 9.43. The molecule has 0 saturated carbocycles. The Kier molecular flexibility index (Phi) is 6.49. The number of carbonyl (C=O) groups is 2. The van der Waals surface area contributed by atoms with Gasteiger partial charge < -0.3 is 10.4 Å². The fraction of sp³-hybridized carbons (Fsp3) is 0.136. The number of carboxylic acids is 1. The van der Waals surface area contributed by atoms with Gasteiger partial charge in [-0.3, -0.25) is 19.9 Å². The van der Waals surface area contributed by atoms with E-state index in [1.807, 2.05) is 60.7 Å². The molecule has 142 valence electrons. The Morgan fingerprint density at radius 1 is 0.929 bits per heavy atom. The van der Waals surface area contributed by atoms with Crippen LogP contribution < -0.4 is 10.6 Å². The van der Waals surface area contributed by atoms with Crippen LogP contribution in [-0.2, 0) is 16.0 Å². The summed E-state index contributed by atoms with van der Waals surface area (Å²) in [6.07, 6.45) is 3.82. The predicted octanol–water partition coefficient (Wildman–Crippen LogP) is 2.97. The van der Waals surface area contributed by atoms with E-state index in [0.29, 0.717) is 12.1 Å². The van der Waals surface area contributed by atoms with E-state index >= 15 is 0 Å². The molecule has 3 aromatic rings. The predicted molar refractivity (Wildman–Crippen MR) is 108 cm³/mol. The first-order valence-corrected chi connectivity index (χ1v) is 8.92. The Morgan fingerprint density at radius 2 is 1.68 bits per heavy atom. The number of hydrogen-bond acceptors (Lipinski definition) is 4. The molecule has 0 aliphatic rings. The van der Waals surface area contributed by atoms with Crippen LogP contribution in [0.15, 0.2) is 79.1 Å². The van der Waals surface area contributed by atoms with Crippen molar-refractivity contribution in [1.82, 2.24) is 10.3 Å². The molecule has 1 aromatic heterocycles. The highest BCUT2D eigenvalue weighted by atomic mass is 16.4. The van der Waals surface area contributed by atoms with Crippen LogP contribution in [0, 0.1) is 0 Å². The minimum absolute atomic E-state index is 0.281. The summed E-state index contributed by atoms with van der Waals surface area (Å²) >= 11 is 0. The van der Waals surface area contributed by atoms with Gasteiger partial charge >= 0.3 is 5.97 Å². The van der Waals surface area contributed by atoms with E-state index < -0.39 is 12.0 Å². The third-order valence-corrected chi connectivity index (χ3v) is 4.24. The summed E-state index contributed by atoms with van der Waals surface area (Å²) in [5.41, 5.74) is 3.55. The van der Waals surface area contributed by atoms with Gasteiger partial charge in [-0.1, -0.05) is 42.5 Å². The average Bonchev–Trinajstić information content (AvgIpc) is 2.72. The van der Waals surface area contributed by atoms with Gasteiger partial charge in [-0.25, -0.2) is 0 Å². The van der Waals surface area contributed by atoms with Crippen LogP contribution in [0.5, 0.6) is 0 Å². The maximum atomic E-state index is 12.8. The molecule has 0 bridgehead atoms. The lowest BCUT2D eigenvalue weighted by Crippen LogP contribution is -2.44. The third kappa shape index (κ3) is 5.49. The van der Waals surface area contributed by atoms with E-state index in [-0.39, 0.29) is 12.5 Å². The molecule has 0 aliphatic carbocycles. The van der Waals surface area contributed by atoms with Crippen molar-refractivity contribution in [2.45, 2.75) is 12.5 Å². The molecule has 28 heavy (non-hydrogen) atoms. The van der Waals surface area contributed by atoms with E-state index in [2.05, 4.69) is 15.6 Å². The lowest BCUT2D eigenvalue weighted by molar-refractivity contribution is -0.136. The lowest BCUT2D eigenvalue weighted by atomic mass is 10.0. The van der Waals surface area contributed by atoms with Crippen LogP contribution in [0.3, 0.4) is 0 Å². The van der Waals surface area contributed by atoms with Crippen molar-refractivity contribution in [3.8, 4) is 11.1 Å². The molecule has 0 fully saturated rings. The Hall–Kier alpha value is -3.51. The van der Waals surface area contributed by atoms with Crippen molar-refractivity contribution >= 4 is 17.6 Å². The average molecular weight is 375 g/mol. The lowest BCUT2D eigenvalue weighted by Gasteiger charge is -2.18. The monoisotopic (exact) mass is 375 g/mol. The summed E-state index contributed by atoms with van der Waals surface area (Å²) in [5, 5.41) is 14.7. The smallest absolute Gasteiger partial charge is 0.317 e. The van der Waals surface area contributed by atoms with Gasteiger partial charge in [-0.2, -0.15) is 0 Å². The van der Waals surface area contributed by atoms with Crippen LogP contribution in [0.2, 0.25) is 0 Å². The largest absolute Gasteiger partial charge is 0.480 e. The van der Waals surface area contributed by atoms with Crippen molar-refractivity contribution in [1.29, 1.82) is 0 Å². The van der Waals surface area contributed by atoms with Crippen LogP contribution in [0.4, 0.5) is 5.69 Å². The van der Waals surface area contributed by atoms with Gasteiger partial charge in [0.2, 0.25) is 5.91 Å². The summed E-state index contributed by atoms with van der Waals surface area (Å²) in [4.78, 5) is 27.8. The number of carbonyl (C=O) groups excluding carboxylic acids is 1. The highest BCUT2D eigenvalue weighted by molar-refractivity contribution is 5.95. The maximum absolute atomic E-state index is 12.8. The normalized spacial score (nSPS) is 11.6. The minimum atomic E-state index is -1.01. The van der Waals surface area contributed by atoms with Crippen molar-refractivity contribution in [3.63, 3.8) is 0 Å². The third-order valence-electron chi connectivity index (χ3n) is 4.24. The van der Waals surface area contributed by atoms with Crippen LogP contribution >= 0.6 is 0 Å². The molecule has 0 radical (unpaired) electrons. The van der Waals surface area contributed by atoms with Crippen LogP contribution in [-0.4, -0.2) is 34.6 Å². The van der Waals surface area contributed by atoms with Gasteiger partial charge in [0.15, 0.2) is 0 Å². The fourth-order valence-corrected chi connectivity index (χ4v) is 2.87. The summed E-state index contributed by atoms with van der Waals surface area (Å²) in [5.74, 6) is -1.29. The summed E-state index contributed by atoms with van der Waals surface area (Å²) in [6, 6.07) is 20.1. The molecule has 2 aromatic carbocycles. The van der Waals surface area contributed by atoms with Crippen molar-refractivity contribution in [2.24, 2.45) is 0 Å². The number of carboxylic acid groups (broad SMARTS) is 1. The number of aromatic nitrogens is 1. The molecule has 0 saturated heterocycles.